The zero-order valence-electron chi connectivity index (χ0n) is 11.5. The molecular weight excluding hydrogens is 236 g/mol. The molecule has 4 nitrogen and oxygen atoms in total. The van der Waals surface area contributed by atoms with Crippen LogP contribution in [0.2, 0.25) is 0 Å². The molecule has 0 aliphatic rings. The van der Waals surface area contributed by atoms with Crippen molar-refractivity contribution in [3.05, 3.63) is 52.8 Å². The van der Waals surface area contributed by atoms with Crippen molar-refractivity contribution in [2.45, 2.75) is 26.4 Å². The fourth-order valence-electron chi connectivity index (χ4n) is 2.07. The number of rotatable bonds is 4. The van der Waals surface area contributed by atoms with Gasteiger partial charge in [0.15, 0.2) is 0 Å². The SMILES string of the molecule is Cc1c(C(C)NCc2cccc(C#N)c2)cnn1C. The van der Waals surface area contributed by atoms with Crippen LogP contribution in [0.15, 0.2) is 30.5 Å². The van der Waals surface area contributed by atoms with Gasteiger partial charge in [-0.1, -0.05) is 12.1 Å². The van der Waals surface area contributed by atoms with Crippen LogP contribution in [0.1, 0.15) is 35.3 Å². The molecule has 1 N–H and O–H groups in total. The summed E-state index contributed by atoms with van der Waals surface area (Å²) in [4.78, 5) is 0. The van der Waals surface area contributed by atoms with E-state index >= 15 is 0 Å². The molecule has 0 spiro atoms. The molecule has 0 bridgehead atoms. The number of hydrogen-bond acceptors (Lipinski definition) is 3. The first kappa shape index (κ1) is 13.3. The Bertz CT molecular complexity index is 607. The van der Waals surface area contributed by atoms with Crippen molar-refractivity contribution < 1.29 is 0 Å². The molecular formula is C15H18N4. The maximum atomic E-state index is 8.88. The summed E-state index contributed by atoms with van der Waals surface area (Å²) in [6, 6.07) is 10.1. The Morgan fingerprint density at radius 3 is 2.89 bits per heavy atom. The van der Waals surface area contributed by atoms with Crippen LogP contribution in [0.3, 0.4) is 0 Å². The van der Waals surface area contributed by atoms with Crippen LogP contribution in [-0.2, 0) is 13.6 Å². The van der Waals surface area contributed by atoms with E-state index in [2.05, 4.69) is 30.3 Å². The van der Waals surface area contributed by atoms with Crippen molar-refractivity contribution >= 4 is 0 Å². The fraction of sp³-hybridized carbons (Fsp3) is 0.333. The van der Waals surface area contributed by atoms with E-state index < -0.39 is 0 Å². The summed E-state index contributed by atoms with van der Waals surface area (Å²) < 4.78 is 1.88. The van der Waals surface area contributed by atoms with E-state index in [0.29, 0.717) is 5.56 Å². The summed E-state index contributed by atoms with van der Waals surface area (Å²) >= 11 is 0. The van der Waals surface area contributed by atoms with Crippen molar-refractivity contribution in [1.29, 1.82) is 5.26 Å². The second-order valence-corrected chi connectivity index (χ2v) is 4.72. The van der Waals surface area contributed by atoms with E-state index in [-0.39, 0.29) is 6.04 Å². The molecule has 0 saturated carbocycles. The predicted octanol–water partition coefficient (Wildman–Crippen LogP) is 2.45. The Hall–Kier alpha value is -2.12. The van der Waals surface area contributed by atoms with Crippen LogP contribution < -0.4 is 5.32 Å². The Labute approximate surface area is 113 Å². The Morgan fingerprint density at radius 1 is 1.47 bits per heavy atom. The molecule has 98 valence electrons. The minimum Gasteiger partial charge on any atom is -0.306 e. The molecule has 1 atom stereocenters. The van der Waals surface area contributed by atoms with Crippen LogP contribution in [0, 0.1) is 18.3 Å². The number of nitrogens with one attached hydrogen (secondary N) is 1. The first-order valence-electron chi connectivity index (χ1n) is 6.32. The minimum atomic E-state index is 0.236. The van der Waals surface area contributed by atoms with Gasteiger partial charge in [0.1, 0.15) is 0 Å². The number of hydrogen-bond donors (Lipinski definition) is 1. The molecule has 1 heterocycles. The normalized spacial score (nSPS) is 12.1. The number of aryl methyl sites for hydroxylation is 1. The van der Waals surface area contributed by atoms with Crippen molar-refractivity contribution in [2.24, 2.45) is 7.05 Å². The van der Waals surface area contributed by atoms with E-state index in [1.165, 1.54) is 11.3 Å². The first-order valence-corrected chi connectivity index (χ1v) is 6.32. The second-order valence-electron chi connectivity index (χ2n) is 4.72. The topological polar surface area (TPSA) is 53.6 Å². The van der Waals surface area contributed by atoms with Gasteiger partial charge in [0, 0.05) is 30.9 Å². The van der Waals surface area contributed by atoms with Gasteiger partial charge in [0.2, 0.25) is 0 Å². The smallest absolute Gasteiger partial charge is 0.0991 e. The van der Waals surface area contributed by atoms with Gasteiger partial charge in [-0.15, -0.1) is 0 Å². The van der Waals surface area contributed by atoms with Crippen molar-refractivity contribution in [2.75, 3.05) is 0 Å². The molecule has 0 aliphatic carbocycles. The molecule has 0 amide bonds. The Balaban J connectivity index is 2.02. The van der Waals surface area contributed by atoms with E-state index in [1.54, 1.807) is 0 Å². The lowest BCUT2D eigenvalue weighted by Gasteiger charge is -2.13. The van der Waals surface area contributed by atoms with Gasteiger partial charge in [0.25, 0.3) is 0 Å². The highest BCUT2D eigenvalue weighted by atomic mass is 15.3. The molecule has 19 heavy (non-hydrogen) atoms. The molecule has 1 aromatic carbocycles. The Kier molecular flexibility index (Phi) is 3.98. The molecule has 2 rings (SSSR count). The predicted molar refractivity (Wildman–Crippen MR) is 74.4 cm³/mol. The van der Waals surface area contributed by atoms with E-state index in [4.69, 9.17) is 5.26 Å². The highest BCUT2D eigenvalue weighted by molar-refractivity contribution is 5.32. The zero-order valence-corrected chi connectivity index (χ0v) is 11.5. The average molecular weight is 254 g/mol. The number of aromatic nitrogens is 2. The van der Waals surface area contributed by atoms with Gasteiger partial charge >= 0.3 is 0 Å². The summed E-state index contributed by atoms with van der Waals surface area (Å²) in [6.45, 7) is 4.93. The lowest BCUT2D eigenvalue weighted by Crippen LogP contribution is -2.18. The monoisotopic (exact) mass is 254 g/mol. The lowest BCUT2D eigenvalue weighted by molar-refractivity contribution is 0.570. The third kappa shape index (κ3) is 3.01. The van der Waals surface area contributed by atoms with Crippen LogP contribution in [0.5, 0.6) is 0 Å². The van der Waals surface area contributed by atoms with Crippen molar-refractivity contribution in [1.82, 2.24) is 15.1 Å². The van der Waals surface area contributed by atoms with Gasteiger partial charge < -0.3 is 5.32 Å². The first-order chi connectivity index (χ1) is 9.11. The number of nitrogens with zero attached hydrogens (tertiary/aromatic N) is 3. The maximum Gasteiger partial charge on any atom is 0.0991 e. The fourth-order valence-corrected chi connectivity index (χ4v) is 2.07. The molecule has 0 radical (unpaired) electrons. The largest absolute Gasteiger partial charge is 0.306 e. The molecule has 4 heteroatoms. The highest BCUT2D eigenvalue weighted by Gasteiger charge is 2.11. The molecule has 1 aromatic heterocycles. The standard InChI is InChI=1S/C15H18N4/c1-11(15-10-18-19(3)12(15)2)17-9-14-6-4-5-13(7-14)8-16/h4-7,10-11,17H,9H2,1-3H3. The molecule has 0 aliphatic heterocycles. The number of nitriles is 1. The van der Waals surface area contributed by atoms with Gasteiger partial charge in [-0.05, 0) is 31.5 Å². The van der Waals surface area contributed by atoms with Crippen molar-refractivity contribution in [3.63, 3.8) is 0 Å². The maximum absolute atomic E-state index is 8.88. The third-order valence-corrected chi connectivity index (χ3v) is 3.41. The molecule has 0 fully saturated rings. The molecule has 1 unspecified atom stereocenters. The summed E-state index contributed by atoms with van der Waals surface area (Å²) in [5.41, 5.74) is 4.20. The third-order valence-electron chi connectivity index (χ3n) is 3.41. The van der Waals surface area contributed by atoms with Crippen LogP contribution in [0.25, 0.3) is 0 Å². The molecule has 0 saturated heterocycles. The second kappa shape index (κ2) is 5.68. The van der Waals surface area contributed by atoms with Crippen molar-refractivity contribution in [3.8, 4) is 6.07 Å². The van der Waals surface area contributed by atoms with Crippen LogP contribution in [0.4, 0.5) is 0 Å². The summed E-state index contributed by atoms with van der Waals surface area (Å²) in [6.07, 6.45) is 1.90. The van der Waals surface area contributed by atoms with Crippen LogP contribution in [-0.4, -0.2) is 9.78 Å². The summed E-state index contributed by atoms with van der Waals surface area (Å²) in [5.74, 6) is 0. The van der Waals surface area contributed by atoms with E-state index in [1.807, 2.05) is 42.2 Å². The van der Waals surface area contributed by atoms with Gasteiger partial charge in [0.05, 0.1) is 17.8 Å². The lowest BCUT2D eigenvalue weighted by atomic mass is 10.1. The Morgan fingerprint density at radius 2 is 2.26 bits per heavy atom. The minimum absolute atomic E-state index is 0.236. The quantitative estimate of drug-likeness (QED) is 0.911. The molecule has 2 aromatic rings. The van der Waals surface area contributed by atoms with Gasteiger partial charge in [-0.25, -0.2) is 0 Å². The van der Waals surface area contributed by atoms with E-state index in [9.17, 15) is 0 Å². The zero-order chi connectivity index (χ0) is 13.8. The van der Waals surface area contributed by atoms with E-state index in [0.717, 1.165) is 12.1 Å². The highest BCUT2D eigenvalue weighted by Crippen LogP contribution is 2.16. The number of benzene rings is 1. The van der Waals surface area contributed by atoms with Crippen LogP contribution >= 0.6 is 0 Å². The summed E-state index contributed by atoms with van der Waals surface area (Å²) in [5, 5.41) is 16.6. The summed E-state index contributed by atoms with van der Waals surface area (Å²) in [7, 11) is 1.95. The van der Waals surface area contributed by atoms with Gasteiger partial charge in [-0.2, -0.15) is 10.4 Å². The van der Waals surface area contributed by atoms with Gasteiger partial charge in [-0.3, -0.25) is 4.68 Å². The average Bonchev–Trinajstić information content (AvgIpc) is 2.77.